The van der Waals surface area contributed by atoms with Crippen molar-refractivity contribution in [1.82, 2.24) is 4.98 Å². The van der Waals surface area contributed by atoms with E-state index in [4.69, 9.17) is 8.83 Å². The lowest BCUT2D eigenvalue weighted by molar-refractivity contribution is -0.384. The molecule has 2 heterocycles. The summed E-state index contributed by atoms with van der Waals surface area (Å²) in [7, 11) is 0. The number of nitro groups is 1. The van der Waals surface area contributed by atoms with Gasteiger partial charge in [0.05, 0.1) is 4.92 Å². The van der Waals surface area contributed by atoms with Gasteiger partial charge < -0.3 is 14.2 Å². The summed E-state index contributed by atoms with van der Waals surface area (Å²) in [5.41, 5.74) is 3.01. The number of nitro benzene ring substituents is 1. The molecule has 0 unspecified atom stereocenters. The van der Waals surface area contributed by atoms with E-state index in [1.807, 2.05) is 36.4 Å². The molecule has 0 aliphatic carbocycles. The second-order valence-corrected chi connectivity index (χ2v) is 9.12. The fraction of sp³-hybridized carbons (Fsp3) is 0. The molecule has 0 spiro atoms. The molecule has 0 radical (unpaired) electrons. The molecule has 0 atom stereocenters. The van der Waals surface area contributed by atoms with Crippen molar-refractivity contribution < 1.29 is 18.6 Å². The van der Waals surface area contributed by atoms with Crippen LogP contribution in [0.4, 0.5) is 11.4 Å². The van der Waals surface area contributed by atoms with Crippen LogP contribution < -0.4 is 5.32 Å². The summed E-state index contributed by atoms with van der Waals surface area (Å²) in [4.78, 5) is 28.0. The largest absolute Gasteiger partial charge is 0.451 e. The zero-order valence-corrected chi connectivity index (χ0v) is 20.6. The summed E-state index contributed by atoms with van der Waals surface area (Å²) >= 11 is 3.59. The first-order valence-corrected chi connectivity index (χ1v) is 12.0. The third kappa shape index (κ3) is 4.25. The van der Waals surface area contributed by atoms with Crippen molar-refractivity contribution in [2.75, 3.05) is 5.32 Å². The Hall–Kier alpha value is -4.76. The number of amides is 1. The highest BCUT2D eigenvalue weighted by molar-refractivity contribution is 9.10. The lowest BCUT2D eigenvalue weighted by atomic mass is 10.0. The Labute approximate surface area is 217 Å². The number of carbonyl (C=O) groups is 1. The monoisotopic (exact) mass is 553 g/mol. The quantitative estimate of drug-likeness (QED) is 0.172. The standard InChI is InChI=1S/C28H16BrN3O5/c29-22-9-3-6-19-20(22)7-2-8-21(19)28-31-23-15-17(10-11-25(23)37-28)30-27(33)26-13-12-24(36-26)16-4-1-5-18(14-16)32(34)35/h1-15H,(H,30,33). The van der Waals surface area contributed by atoms with Gasteiger partial charge in [0.1, 0.15) is 11.3 Å². The van der Waals surface area contributed by atoms with Gasteiger partial charge in [-0.3, -0.25) is 14.9 Å². The fourth-order valence-corrected chi connectivity index (χ4v) is 4.66. The average Bonchev–Trinajstić information content (AvgIpc) is 3.56. The molecule has 37 heavy (non-hydrogen) atoms. The van der Waals surface area contributed by atoms with Crippen LogP contribution in [-0.4, -0.2) is 15.8 Å². The number of anilines is 1. The Kier molecular flexibility index (Phi) is 5.54. The molecule has 0 saturated carbocycles. The summed E-state index contributed by atoms with van der Waals surface area (Å²) in [5.74, 6) is 0.449. The van der Waals surface area contributed by atoms with Crippen molar-refractivity contribution in [2.45, 2.75) is 0 Å². The lowest BCUT2D eigenvalue weighted by Gasteiger charge is -2.04. The number of halogens is 1. The summed E-state index contributed by atoms with van der Waals surface area (Å²) in [5, 5.41) is 15.9. The molecule has 2 aromatic heterocycles. The van der Waals surface area contributed by atoms with Gasteiger partial charge in [0, 0.05) is 33.4 Å². The number of nitrogens with one attached hydrogen (secondary N) is 1. The van der Waals surface area contributed by atoms with E-state index in [1.54, 1.807) is 36.4 Å². The molecule has 0 bridgehead atoms. The number of hydrogen-bond donors (Lipinski definition) is 1. The fourth-order valence-electron chi connectivity index (χ4n) is 4.16. The van der Waals surface area contributed by atoms with Gasteiger partial charge in [-0.1, -0.05) is 52.3 Å². The van der Waals surface area contributed by atoms with Crippen molar-refractivity contribution in [3.05, 3.63) is 111 Å². The molecular weight excluding hydrogens is 538 g/mol. The molecule has 6 rings (SSSR count). The molecule has 9 heteroatoms. The van der Waals surface area contributed by atoms with Crippen LogP contribution in [0.1, 0.15) is 10.6 Å². The first-order valence-electron chi connectivity index (χ1n) is 11.2. The first kappa shape index (κ1) is 22.7. The zero-order chi connectivity index (χ0) is 25.5. The number of hydrogen-bond acceptors (Lipinski definition) is 6. The third-order valence-electron chi connectivity index (χ3n) is 5.92. The van der Waals surface area contributed by atoms with Gasteiger partial charge in [-0.15, -0.1) is 0 Å². The number of non-ortho nitro benzene ring substituents is 1. The smallest absolute Gasteiger partial charge is 0.291 e. The van der Waals surface area contributed by atoms with Gasteiger partial charge in [-0.05, 0) is 53.2 Å². The molecular formula is C28H16BrN3O5. The van der Waals surface area contributed by atoms with Crippen molar-refractivity contribution in [3.63, 3.8) is 0 Å². The number of rotatable bonds is 5. The first-order chi connectivity index (χ1) is 18.0. The minimum Gasteiger partial charge on any atom is -0.451 e. The summed E-state index contributed by atoms with van der Waals surface area (Å²) < 4.78 is 12.7. The van der Waals surface area contributed by atoms with Crippen LogP contribution >= 0.6 is 15.9 Å². The van der Waals surface area contributed by atoms with E-state index in [0.29, 0.717) is 34.0 Å². The highest BCUT2D eigenvalue weighted by atomic mass is 79.9. The molecule has 1 amide bonds. The van der Waals surface area contributed by atoms with Crippen molar-refractivity contribution >= 4 is 55.1 Å². The summed E-state index contributed by atoms with van der Waals surface area (Å²) in [6.45, 7) is 0. The van der Waals surface area contributed by atoms with Crippen LogP contribution in [0.3, 0.4) is 0 Å². The Morgan fingerprint density at radius 1 is 0.892 bits per heavy atom. The van der Waals surface area contributed by atoms with Crippen molar-refractivity contribution in [3.8, 4) is 22.8 Å². The van der Waals surface area contributed by atoms with Gasteiger partial charge >= 0.3 is 0 Å². The van der Waals surface area contributed by atoms with Gasteiger partial charge in [-0.25, -0.2) is 4.98 Å². The number of aromatic nitrogens is 1. The minimum absolute atomic E-state index is 0.0590. The topological polar surface area (TPSA) is 111 Å². The van der Waals surface area contributed by atoms with E-state index >= 15 is 0 Å². The van der Waals surface area contributed by atoms with E-state index < -0.39 is 10.8 Å². The summed E-state index contributed by atoms with van der Waals surface area (Å²) in [6, 6.07) is 26.3. The SMILES string of the molecule is O=C(Nc1ccc2oc(-c3cccc4c(Br)cccc34)nc2c1)c1ccc(-c2cccc([N+](=O)[O-])c2)o1. The molecule has 8 nitrogen and oxygen atoms in total. The van der Waals surface area contributed by atoms with Crippen LogP contribution in [0, 0.1) is 10.1 Å². The Balaban J connectivity index is 1.26. The maximum atomic E-state index is 12.8. The molecule has 0 aliphatic rings. The number of benzene rings is 4. The van der Waals surface area contributed by atoms with Crippen LogP contribution in [0.25, 0.3) is 44.7 Å². The Bertz CT molecular complexity index is 1840. The Morgan fingerprint density at radius 3 is 2.57 bits per heavy atom. The average molecular weight is 554 g/mol. The van der Waals surface area contributed by atoms with Crippen LogP contribution in [0.15, 0.2) is 104 Å². The second kappa shape index (κ2) is 9.03. The summed E-state index contributed by atoms with van der Waals surface area (Å²) in [6.07, 6.45) is 0. The normalized spacial score (nSPS) is 11.2. The highest BCUT2D eigenvalue weighted by Gasteiger charge is 2.16. The molecule has 180 valence electrons. The maximum Gasteiger partial charge on any atom is 0.291 e. The van der Waals surface area contributed by atoms with E-state index in [1.165, 1.54) is 18.2 Å². The van der Waals surface area contributed by atoms with Crippen molar-refractivity contribution in [2.24, 2.45) is 0 Å². The predicted molar refractivity (Wildman–Crippen MR) is 143 cm³/mol. The minimum atomic E-state index is -0.481. The van der Waals surface area contributed by atoms with Crippen molar-refractivity contribution in [1.29, 1.82) is 0 Å². The number of oxazole rings is 1. The molecule has 0 fully saturated rings. The number of carbonyl (C=O) groups excluding carboxylic acids is 1. The number of fused-ring (bicyclic) bond motifs is 2. The van der Waals surface area contributed by atoms with E-state index in [-0.39, 0.29) is 11.4 Å². The maximum absolute atomic E-state index is 12.8. The Morgan fingerprint density at radius 2 is 1.70 bits per heavy atom. The van der Waals surface area contributed by atoms with Crippen LogP contribution in [0.2, 0.25) is 0 Å². The van der Waals surface area contributed by atoms with Gasteiger partial charge in [0.25, 0.3) is 11.6 Å². The second-order valence-electron chi connectivity index (χ2n) is 8.27. The predicted octanol–water partition coefficient (Wildman–Crippen LogP) is 7.83. The van der Waals surface area contributed by atoms with Crippen LogP contribution in [-0.2, 0) is 0 Å². The van der Waals surface area contributed by atoms with E-state index in [0.717, 1.165) is 20.8 Å². The molecule has 1 N–H and O–H groups in total. The van der Waals surface area contributed by atoms with Crippen LogP contribution in [0.5, 0.6) is 0 Å². The number of furan rings is 1. The highest BCUT2D eigenvalue weighted by Crippen LogP contribution is 2.34. The molecule has 0 aliphatic heterocycles. The van der Waals surface area contributed by atoms with Gasteiger partial charge in [-0.2, -0.15) is 0 Å². The number of nitrogens with zero attached hydrogens (tertiary/aromatic N) is 2. The third-order valence-corrected chi connectivity index (χ3v) is 6.61. The lowest BCUT2D eigenvalue weighted by Crippen LogP contribution is -2.10. The molecule has 0 saturated heterocycles. The van der Waals surface area contributed by atoms with Gasteiger partial charge in [0.15, 0.2) is 11.3 Å². The molecule has 6 aromatic rings. The van der Waals surface area contributed by atoms with Gasteiger partial charge in [0.2, 0.25) is 5.89 Å². The zero-order valence-electron chi connectivity index (χ0n) is 19.0. The van der Waals surface area contributed by atoms with E-state index in [2.05, 4.69) is 26.2 Å². The van der Waals surface area contributed by atoms with E-state index in [9.17, 15) is 14.9 Å². The molecule has 4 aromatic carbocycles.